The van der Waals surface area contributed by atoms with E-state index in [-0.39, 0.29) is 12.5 Å². The number of unbranched alkanes of at least 4 members (excludes halogenated alkanes) is 4. The van der Waals surface area contributed by atoms with E-state index in [2.05, 4.69) is 12.2 Å². The number of rotatable bonds is 11. The predicted octanol–water partition coefficient (Wildman–Crippen LogP) is 2.19. The summed E-state index contributed by atoms with van der Waals surface area (Å²) in [5.41, 5.74) is 0. The summed E-state index contributed by atoms with van der Waals surface area (Å²) in [7, 11) is 0. The highest BCUT2D eigenvalue weighted by atomic mass is 32.2. The van der Waals surface area contributed by atoms with E-state index >= 15 is 0 Å². The molecular weight excluding hydrogens is 222 g/mol. The lowest BCUT2D eigenvalue weighted by Crippen LogP contribution is -2.26. The van der Waals surface area contributed by atoms with Gasteiger partial charge in [0.25, 0.3) is 0 Å². The van der Waals surface area contributed by atoms with Crippen LogP contribution in [0.2, 0.25) is 0 Å². The molecule has 0 spiro atoms. The first-order valence-electron chi connectivity index (χ1n) is 6.26. The van der Waals surface area contributed by atoms with Crippen LogP contribution in [0.15, 0.2) is 0 Å². The fraction of sp³-hybridized carbons (Fsp3) is 0.917. The van der Waals surface area contributed by atoms with Gasteiger partial charge in [0.15, 0.2) is 0 Å². The molecule has 0 saturated heterocycles. The van der Waals surface area contributed by atoms with Crippen molar-refractivity contribution in [2.75, 3.05) is 24.7 Å². The third-order valence-corrected chi connectivity index (χ3v) is 3.33. The molecule has 0 unspecified atom stereocenters. The molecule has 0 heterocycles. The minimum atomic E-state index is 0.156. The van der Waals surface area contributed by atoms with Gasteiger partial charge in [-0.25, -0.2) is 0 Å². The highest BCUT2D eigenvalue weighted by Crippen LogP contribution is 2.03. The maximum Gasteiger partial charge on any atom is 0.229 e. The number of amides is 1. The summed E-state index contributed by atoms with van der Waals surface area (Å²) in [6.45, 7) is 3.21. The number of carbonyl (C=O) groups is 1. The molecule has 3 nitrogen and oxygen atoms in total. The SMILES string of the molecule is CCCCSCC(=O)NCCCCCCO. The molecule has 96 valence electrons. The Hall–Kier alpha value is -0.220. The minimum absolute atomic E-state index is 0.156. The number of aliphatic hydroxyl groups is 1. The van der Waals surface area contributed by atoms with Gasteiger partial charge in [-0.05, 0) is 25.0 Å². The van der Waals surface area contributed by atoms with E-state index in [1.54, 1.807) is 11.8 Å². The van der Waals surface area contributed by atoms with Gasteiger partial charge in [0, 0.05) is 13.2 Å². The van der Waals surface area contributed by atoms with Crippen molar-refractivity contribution in [2.45, 2.75) is 45.4 Å². The van der Waals surface area contributed by atoms with Gasteiger partial charge in [0.2, 0.25) is 5.91 Å². The normalized spacial score (nSPS) is 10.4. The van der Waals surface area contributed by atoms with Crippen molar-refractivity contribution in [2.24, 2.45) is 0 Å². The molecule has 0 aromatic heterocycles. The van der Waals surface area contributed by atoms with Crippen LogP contribution in [0.1, 0.15) is 45.4 Å². The van der Waals surface area contributed by atoms with E-state index in [1.165, 1.54) is 12.8 Å². The average Bonchev–Trinajstić information content (AvgIpc) is 2.29. The Morgan fingerprint density at radius 2 is 1.94 bits per heavy atom. The Labute approximate surface area is 103 Å². The second-order valence-electron chi connectivity index (χ2n) is 3.89. The van der Waals surface area contributed by atoms with Crippen LogP contribution in [0.3, 0.4) is 0 Å². The van der Waals surface area contributed by atoms with Crippen LogP contribution in [-0.2, 0) is 4.79 Å². The van der Waals surface area contributed by atoms with Gasteiger partial charge in [-0.15, -0.1) is 0 Å². The van der Waals surface area contributed by atoms with E-state index in [0.717, 1.165) is 38.0 Å². The number of thioether (sulfide) groups is 1. The topological polar surface area (TPSA) is 49.3 Å². The second-order valence-corrected chi connectivity index (χ2v) is 5.00. The zero-order valence-electron chi connectivity index (χ0n) is 10.3. The van der Waals surface area contributed by atoms with Crippen molar-refractivity contribution in [1.29, 1.82) is 0 Å². The van der Waals surface area contributed by atoms with Crippen LogP contribution in [0.4, 0.5) is 0 Å². The predicted molar refractivity (Wildman–Crippen MR) is 70.8 cm³/mol. The van der Waals surface area contributed by atoms with Crippen molar-refractivity contribution in [1.82, 2.24) is 5.32 Å². The Bertz CT molecular complexity index is 165. The highest BCUT2D eigenvalue weighted by Gasteiger charge is 1.99. The van der Waals surface area contributed by atoms with Gasteiger partial charge in [-0.1, -0.05) is 26.2 Å². The van der Waals surface area contributed by atoms with Gasteiger partial charge in [-0.2, -0.15) is 11.8 Å². The molecule has 0 radical (unpaired) electrons. The largest absolute Gasteiger partial charge is 0.396 e. The molecule has 0 aromatic carbocycles. The molecule has 0 aliphatic heterocycles. The lowest BCUT2D eigenvalue weighted by Gasteiger charge is -2.04. The quantitative estimate of drug-likeness (QED) is 0.550. The number of nitrogens with one attached hydrogen (secondary N) is 1. The molecule has 0 rings (SSSR count). The molecule has 0 bridgehead atoms. The zero-order valence-corrected chi connectivity index (χ0v) is 11.2. The molecular formula is C12H25NO2S. The summed E-state index contributed by atoms with van der Waals surface area (Å²) < 4.78 is 0. The molecule has 0 atom stereocenters. The molecule has 2 N–H and O–H groups in total. The number of aliphatic hydroxyl groups excluding tert-OH is 1. The molecule has 16 heavy (non-hydrogen) atoms. The first-order valence-corrected chi connectivity index (χ1v) is 7.42. The van der Waals surface area contributed by atoms with Gasteiger partial charge < -0.3 is 10.4 Å². The summed E-state index contributed by atoms with van der Waals surface area (Å²) >= 11 is 1.71. The standard InChI is InChI=1S/C12H25NO2S/c1-2-3-10-16-11-12(15)13-8-6-4-5-7-9-14/h14H,2-11H2,1H3,(H,13,15). The van der Waals surface area contributed by atoms with Crippen LogP contribution in [0.5, 0.6) is 0 Å². The van der Waals surface area contributed by atoms with Gasteiger partial charge in [-0.3, -0.25) is 4.79 Å². The van der Waals surface area contributed by atoms with E-state index in [9.17, 15) is 4.79 Å². The van der Waals surface area contributed by atoms with Crippen molar-refractivity contribution in [3.8, 4) is 0 Å². The van der Waals surface area contributed by atoms with Gasteiger partial charge in [0.05, 0.1) is 5.75 Å². The van der Waals surface area contributed by atoms with Crippen molar-refractivity contribution in [3.63, 3.8) is 0 Å². The Morgan fingerprint density at radius 1 is 1.19 bits per heavy atom. The molecule has 0 fully saturated rings. The summed E-state index contributed by atoms with van der Waals surface area (Å²) in [6, 6.07) is 0. The lowest BCUT2D eigenvalue weighted by molar-refractivity contribution is -0.118. The lowest BCUT2D eigenvalue weighted by atomic mass is 10.2. The molecule has 0 saturated carbocycles. The second kappa shape index (κ2) is 12.8. The Kier molecular flexibility index (Phi) is 12.7. The Morgan fingerprint density at radius 3 is 2.62 bits per heavy atom. The summed E-state index contributed by atoms with van der Waals surface area (Å²) in [5, 5.41) is 11.5. The van der Waals surface area contributed by atoms with E-state index in [1.807, 2.05) is 0 Å². The first-order chi connectivity index (χ1) is 7.81. The van der Waals surface area contributed by atoms with Crippen LogP contribution < -0.4 is 5.32 Å². The average molecular weight is 247 g/mol. The number of hydrogen-bond donors (Lipinski definition) is 2. The van der Waals surface area contributed by atoms with Crippen LogP contribution >= 0.6 is 11.8 Å². The Balaban J connectivity index is 3.11. The molecule has 0 aliphatic carbocycles. The van der Waals surface area contributed by atoms with Crippen molar-refractivity contribution in [3.05, 3.63) is 0 Å². The molecule has 0 aliphatic rings. The van der Waals surface area contributed by atoms with Gasteiger partial charge in [0.1, 0.15) is 0 Å². The van der Waals surface area contributed by atoms with E-state index < -0.39 is 0 Å². The summed E-state index contributed by atoms with van der Waals surface area (Å²) in [4.78, 5) is 11.3. The maximum absolute atomic E-state index is 11.3. The third kappa shape index (κ3) is 11.9. The zero-order chi connectivity index (χ0) is 12.1. The van der Waals surface area contributed by atoms with Gasteiger partial charge >= 0.3 is 0 Å². The summed E-state index contributed by atoms with van der Waals surface area (Å²) in [5.74, 6) is 1.83. The molecule has 0 aromatic rings. The minimum Gasteiger partial charge on any atom is -0.396 e. The number of hydrogen-bond acceptors (Lipinski definition) is 3. The number of carbonyl (C=O) groups excluding carboxylic acids is 1. The summed E-state index contributed by atoms with van der Waals surface area (Å²) in [6.07, 6.45) is 6.42. The first kappa shape index (κ1) is 15.8. The van der Waals surface area contributed by atoms with Crippen molar-refractivity contribution >= 4 is 17.7 Å². The molecule has 1 amide bonds. The van der Waals surface area contributed by atoms with Crippen LogP contribution in [-0.4, -0.2) is 35.7 Å². The fourth-order valence-electron chi connectivity index (χ4n) is 1.28. The van der Waals surface area contributed by atoms with Crippen molar-refractivity contribution < 1.29 is 9.90 Å². The fourth-order valence-corrected chi connectivity index (χ4v) is 2.21. The smallest absolute Gasteiger partial charge is 0.229 e. The van der Waals surface area contributed by atoms with Crippen LogP contribution in [0.25, 0.3) is 0 Å². The van der Waals surface area contributed by atoms with E-state index in [0.29, 0.717) is 5.75 Å². The van der Waals surface area contributed by atoms with E-state index in [4.69, 9.17) is 5.11 Å². The highest BCUT2D eigenvalue weighted by molar-refractivity contribution is 7.99. The molecule has 4 heteroatoms. The maximum atomic E-state index is 11.3. The monoisotopic (exact) mass is 247 g/mol. The van der Waals surface area contributed by atoms with Crippen LogP contribution in [0, 0.1) is 0 Å². The third-order valence-electron chi connectivity index (χ3n) is 2.28.